The second-order valence-corrected chi connectivity index (χ2v) is 6.40. The Morgan fingerprint density at radius 1 is 1.20 bits per heavy atom. The zero-order valence-corrected chi connectivity index (χ0v) is 14.1. The van der Waals surface area contributed by atoms with Crippen molar-refractivity contribution >= 4 is 0 Å². The summed E-state index contributed by atoms with van der Waals surface area (Å²) in [7, 11) is 0. The highest BCUT2D eigenvalue weighted by atomic mass is 19.4. The number of ether oxygens (including phenoxy) is 1. The van der Waals surface area contributed by atoms with Crippen molar-refractivity contribution in [3.05, 3.63) is 65.0 Å². The van der Waals surface area contributed by atoms with Gasteiger partial charge in [-0.25, -0.2) is 0 Å². The molecule has 0 aliphatic carbocycles. The molecule has 1 aliphatic rings. The number of morpholine rings is 1. The molecule has 6 heteroatoms. The van der Waals surface area contributed by atoms with E-state index in [9.17, 15) is 13.2 Å². The van der Waals surface area contributed by atoms with E-state index in [0.29, 0.717) is 25.1 Å². The Morgan fingerprint density at radius 3 is 2.76 bits per heavy atom. The van der Waals surface area contributed by atoms with E-state index in [-0.39, 0.29) is 6.10 Å². The van der Waals surface area contributed by atoms with Crippen molar-refractivity contribution in [1.82, 2.24) is 9.88 Å². The van der Waals surface area contributed by atoms with E-state index >= 15 is 0 Å². The molecule has 25 heavy (non-hydrogen) atoms. The van der Waals surface area contributed by atoms with Gasteiger partial charge in [0.25, 0.3) is 0 Å². The van der Waals surface area contributed by atoms with E-state index in [2.05, 4.69) is 9.88 Å². The first-order chi connectivity index (χ1) is 11.9. The summed E-state index contributed by atoms with van der Waals surface area (Å²) in [5, 5.41) is 0. The second kappa shape index (κ2) is 7.54. The number of hydrogen-bond donors (Lipinski definition) is 0. The maximum absolute atomic E-state index is 12.8. The normalized spacial score (nSPS) is 19.1. The summed E-state index contributed by atoms with van der Waals surface area (Å²) >= 11 is 0. The topological polar surface area (TPSA) is 25.4 Å². The summed E-state index contributed by atoms with van der Waals surface area (Å²) < 4.78 is 44.3. The van der Waals surface area contributed by atoms with Gasteiger partial charge in [-0.15, -0.1) is 0 Å². The Labute approximate surface area is 145 Å². The highest BCUT2D eigenvalue weighted by molar-refractivity contribution is 5.26. The number of halogens is 3. The van der Waals surface area contributed by atoms with Crippen molar-refractivity contribution in [1.29, 1.82) is 0 Å². The fourth-order valence-electron chi connectivity index (χ4n) is 3.10. The van der Waals surface area contributed by atoms with Crippen LogP contribution < -0.4 is 0 Å². The third-order valence-electron chi connectivity index (χ3n) is 4.27. The third kappa shape index (κ3) is 5.03. The summed E-state index contributed by atoms with van der Waals surface area (Å²) in [6.45, 7) is 4.75. The number of rotatable bonds is 4. The van der Waals surface area contributed by atoms with Gasteiger partial charge in [0.2, 0.25) is 0 Å². The van der Waals surface area contributed by atoms with Crippen LogP contribution in [-0.4, -0.2) is 35.7 Å². The number of pyridine rings is 1. The highest BCUT2D eigenvalue weighted by Gasteiger charge is 2.30. The fourth-order valence-corrected chi connectivity index (χ4v) is 3.10. The maximum Gasteiger partial charge on any atom is 0.416 e. The first-order valence-corrected chi connectivity index (χ1v) is 8.33. The Morgan fingerprint density at radius 2 is 2.00 bits per heavy atom. The van der Waals surface area contributed by atoms with Gasteiger partial charge < -0.3 is 4.74 Å². The van der Waals surface area contributed by atoms with Crippen molar-refractivity contribution in [3.8, 4) is 0 Å². The summed E-state index contributed by atoms with van der Waals surface area (Å²) in [6, 6.07) is 11.4. The van der Waals surface area contributed by atoms with Crippen molar-refractivity contribution in [2.45, 2.75) is 32.2 Å². The van der Waals surface area contributed by atoms with Gasteiger partial charge in [-0.3, -0.25) is 9.88 Å². The average molecular weight is 350 g/mol. The van der Waals surface area contributed by atoms with Gasteiger partial charge >= 0.3 is 6.18 Å². The van der Waals surface area contributed by atoms with Crippen LogP contribution in [0.1, 0.15) is 22.5 Å². The standard InChI is InChI=1S/C19H21F3N2O/c1-14-4-2-7-17(23-14)12-24-8-9-25-18(13-24)11-15-5-3-6-16(10-15)19(20,21)22/h2-7,10,18H,8-9,11-13H2,1H3/t18-/m1/s1. The molecule has 0 saturated carbocycles. The first kappa shape index (κ1) is 17.9. The van der Waals surface area contributed by atoms with E-state index in [0.717, 1.165) is 30.5 Å². The average Bonchev–Trinajstić information content (AvgIpc) is 2.55. The molecule has 3 rings (SSSR count). The molecule has 2 aromatic rings. The molecule has 1 saturated heterocycles. The van der Waals surface area contributed by atoms with Gasteiger partial charge in [-0.05, 0) is 37.1 Å². The van der Waals surface area contributed by atoms with Crippen LogP contribution in [0.4, 0.5) is 13.2 Å². The molecule has 1 atom stereocenters. The Kier molecular flexibility index (Phi) is 5.39. The van der Waals surface area contributed by atoms with Crippen LogP contribution in [0.3, 0.4) is 0 Å². The van der Waals surface area contributed by atoms with Gasteiger partial charge in [0.05, 0.1) is 24.0 Å². The lowest BCUT2D eigenvalue weighted by Crippen LogP contribution is -2.43. The SMILES string of the molecule is Cc1cccc(CN2CCO[C@H](Cc3cccc(C(F)(F)F)c3)C2)n1. The molecule has 1 aromatic heterocycles. The molecular formula is C19H21F3N2O. The lowest BCUT2D eigenvalue weighted by molar-refractivity contribution is -0.137. The molecule has 134 valence electrons. The van der Waals surface area contributed by atoms with Gasteiger partial charge in [0, 0.05) is 25.3 Å². The van der Waals surface area contributed by atoms with Crippen molar-refractivity contribution < 1.29 is 17.9 Å². The van der Waals surface area contributed by atoms with Gasteiger partial charge in [-0.2, -0.15) is 13.2 Å². The number of nitrogens with zero attached hydrogens (tertiary/aromatic N) is 2. The maximum atomic E-state index is 12.8. The molecule has 0 unspecified atom stereocenters. The molecule has 2 heterocycles. The number of alkyl halides is 3. The lowest BCUT2D eigenvalue weighted by atomic mass is 10.0. The van der Waals surface area contributed by atoms with Crippen LogP contribution in [0.15, 0.2) is 42.5 Å². The van der Waals surface area contributed by atoms with Gasteiger partial charge in [-0.1, -0.05) is 24.3 Å². The van der Waals surface area contributed by atoms with Crippen LogP contribution in [0.2, 0.25) is 0 Å². The monoisotopic (exact) mass is 350 g/mol. The van der Waals surface area contributed by atoms with Crippen LogP contribution in [0.5, 0.6) is 0 Å². The van der Waals surface area contributed by atoms with Crippen molar-refractivity contribution in [2.24, 2.45) is 0 Å². The molecule has 0 bridgehead atoms. The predicted octanol–water partition coefficient (Wildman–Crippen LogP) is 3.85. The molecule has 1 aromatic carbocycles. The molecule has 0 radical (unpaired) electrons. The number of hydrogen-bond acceptors (Lipinski definition) is 3. The zero-order chi connectivity index (χ0) is 17.9. The molecule has 0 N–H and O–H groups in total. The zero-order valence-electron chi connectivity index (χ0n) is 14.1. The smallest absolute Gasteiger partial charge is 0.375 e. The van der Waals surface area contributed by atoms with E-state index in [1.165, 1.54) is 12.1 Å². The first-order valence-electron chi connectivity index (χ1n) is 8.33. The highest BCUT2D eigenvalue weighted by Crippen LogP contribution is 2.30. The molecule has 0 spiro atoms. The van der Waals surface area contributed by atoms with Crippen LogP contribution in [0.25, 0.3) is 0 Å². The summed E-state index contributed by atoms with van der Waals surface area (Å²) in [5.41, 5.74) is 2.02. The Balaban J connectivity index is 1.62. The minimum atomic E-state index is -4.31. The molecular weight excluding hydrogens is 329 g/mol. The van der Waals surface area contributed by atoms with Gasteiger partial charge in [0.15, 0.2) is 0 Å². The lowest BCUT2D eigenvalue weighted by Gasteiger charge is -2.33. The summed E-state index contributed by atoms with van der Waals surface area (Å²) in [4.78, 5) is 6.75. The van der Waals surface area contributed by atoms with Crippen LogP contribution >= 0.6 is 0 Å². The molecule has 0 amide bonds. The van der Waals surface area contributed by atoms with E-state index in [4.69, 9.17) is 4.74 Å². The minimum Gasteiger partial charge on any atom is -0.375 e. The minimum absolute atomic E-state index is 0.109. The van der Waals surface area contributed by atoms with Gasteiger partial charge in [0.1, 0.15) is 0 Å². The quantitative estimate of drug-likeness (QED) is 0.837. The third-order valence-corrected chi connectivity index (χ3v) is 4.27. The fraction of sp³-hybridized carbons (Fsp3) is 0.421. The van der Waals surface area contributed by atoms with Crippen LogP contribution in [-0.2, 0) is 23.9 Å². The molecule has 3 nitrogen and oxygen atoms in total. The Bertz CT molecular complexity index is 718. The Hall–Kier alpha value is -1.92. The van der Waals surface area contributed by atoms with E-state index in [1.54, 1.807) is 6.07 Å². The predicted molar refractivity (Wildman–Crippen MR) is 89.1 cm³/mol. The number of aryl methyl sites for hydroxylation is 1. The summed E-state index contributed by atoms with van der Waals surface area (Å²) in [6.07, 6.45) is -3.95. The largest absolute Gasteiger partial charge is 0.416 e. The van der Waals surface area contributed by atoms with E-state index in [1.807, 2.05) is 25.1 Å². The van der Waals surface area contributed by atoms with Crippen molar-refractivity contribution in [2.75, 3.05) is 19.7 Å². The molecule has 1 fully saturated rings. The van der Waals surface area contributed by atoms with Crippen LogP contribution in [0, 0.1) is 6.92 Å². The molecule has 1 aliphatic heterocycles. The van der Waals surface area contributed by atoms with E-state index < -0.39 is 11.7 Å². The summed E-state index contributed by atoms with van der Waals surface area (Å²) in [5.74, 6) is 0. The number of benzene rings is 1. The second-order valence-electron chi connectivity index (χ2n) is 6.40. The van der Waals surface area contributed by atoms with Crippen molar-refractivity contribution in [3.63, 3.8) is 0 Å². The number of aromatic nitrogens is 1.